The Bertz CT molecular complexity index is 194. The van der Waals surface area contributed by atoms with Crippen LogP contribution in [-0.2, 0) is 14.4 Å². The maximum absolute atomic E-state index is 10.8. The van der Waals surface area contributed by atoms with Gasteiger partial charge in [0.05, 0.1) is 12.2 Å². The van der Waals surface area contributed by atoms with Gasteiger partial charge in [-0.25, -0.2) is 4.79 Å². The summed E-state index contributed by atoms with van der Waals surface area (Å²) < 4.78 is 4.70. The second kappa shape index (κ2) is 6.56. The lowest BCUT2D eigenvalue weighted by atomic mass is 10.2. The molecule has 0 fully saturated rings. The molecule has 4 heteroatoms. The molecule has 0 aromatic rings. The Morgan fingerprint density at radius 3 is 2.57 bits per heavy atom. The number of hydroxylamine groups is 1. The van der Waals surface area contributed by atoms with Gasteiger partial charge in [0, 0.05) is 12.6 Å². The van der Waals surface area contributed by atoms with E-state index < -0.39 is 0 Å². The van der Waals surface area contributed by atoms with Gasteiger partial charge in [-0.2, -0.15) is 5.48 Å². The first kappa shape index (κ1) is 13.1. The van der Waals surface area contributed by atoms with Gasteiger partial charge >= 0.3 is 5.97 Å². The number of rotatable bonds is 5. The van der Waals surface area contributed by atoms with E-state index in [2.05, 4.69) is 5.48 Å². The van der Waals surface area contributed by atoms with E-state index in [-0.39, 0.29) is 11.6 Å². The molecule has 0 rings (SSSR count). The largest absolute Gasteiger partial charge is 0.463 e. The van der Waals surface area contributed by atoms with Crippen molar-refractivity contribution in [3.8, 4) is 0 Å². The normalized spacial score (nSPS) is 12.0. The summed E-state index contributed by atoms with van der Waals surface area (Å²) in [6.07, 6.45) is 3.03. The highest BCUT2D eigenvalue weighted by Crippen LogP contribution is 2.02. The first-order valence-corrected chi connectivity index (χ1v) is 4.70. The molecular weight excluding hydrogens is 182 g/mol. The second-order valence-corrected chi connectivity index (χ2v) is 3.72. The molecule has 0 heterocycles. The van der Waals surface area contributed by atoms with Crippen molar-refractivity contribution < 1.29 is 14.4 Å². The Balaban J connectivity index is 3.49. The summed E-state index contributed by atoms with van der Waals surface area (Å²) in [6.45, 7) is 8.47. The molecule has 0 unspecified atom stereocenters. The molecule has 0 saturated carbocycles. The van der Waals surface area contributed by atoms with E-state index in [1.54, 1.807) is 13.0 Å². The molecule has 1 N–H and O–H groups in total. The minimum atomic E-state index is -0.329. The molecule has 0 saturated heterocycles. The second-order valence-electron chi connectivity index (χ2n) is 3.72. The van der Waals surface area contributed by atoms with Gasteiger partial charge in [-0.15, -0.1) is 0 Å². The summed E-state index contributed by atoms with van der Waals surface area (Å²) in [5.74, 6) is -0.329. The SMILES string of the molecule is CCOC(=O)/C=C/CNOC(C)(C)C. The smallest absolute Gasteiger partial charge is 0.330 e. The minimum absolute atomic E-state index is 0.224. The molecule has 82 valence electrons. The van der Waals surface area contributed by atoms with Crippen molar-refractivity contribution in [3.63, 3.8) is 0 Å². The number of carbonyl (C=O) groups excluding carboxylic acids is 1. The number of ether oxygens (including phenoxy) is 1. The van der Waals surface area contributed by atoms with E-state index in [1.807, 2.05) is 20.8 Å². The third-order valence-corrected chi connectivity index (χ3v) is 1.12. The van der Waals surface area contributed by atoms with Crippen molar-refractivity contribution in [2.75, 3.05) is 13.2 Å². The van der Waals surface area contributed by atoms with Crippen molar-refractivity contribution in [2.24, 2.45) is 0 Å². The summed E-state index contributed by atoms with van der Waals surface area (Å²) >= 11 is 0. The summed E-state index contributed by atoms with van der Waals surface area (Å²) in [5, 5.41) is 0. The molecule has 0 aliphatic rings. The standard InChI is InChI=1S/C10H19NO3/c1-5-13-9(12)7-6-8-11-14-10(2,3)4/h6-7,11H,5,8H2,1-4H3/b7-6+. The number of carbonyl (C=O) groups is 1. The van der Waals surface area contributed by atoms with Crippen LogP contribution in [0.25, 0.3) is 0 Å². The van der Waals surface area contributed by atoms with Crippen LogP contribution < -0.4 is 5.48 Å². The fraction of sp³-hybridized carbons (Fsp3) is 0.700. The monoisotopic (exact) mass is 201 g/mol. The highest BCUT2D eigenvalue weighted by Gasteiger charge is 2.08. The number of nitrogens with one attached hydrogen (secondary N) is 1. The van der Waals surface area contributed by atoms with Crippen LogP contribution in [-0.4, -0.2) is 24.7 Å². The van der Waals surface area contributed by atoms with Crippen LogP contribution in [0.5, 0.6) is 0 Å². The van der Waals surface area contributed by atoms with E-state index in [4.69, 9.17) is 9.57 Å². The van der Waals surface area contributed by atoms with Gasteiger partial charge < -0.3 is 4.74 Å². The van der Waals surface area contributed by atoms with Crippen LogP contribution in [0.15, 0.2) is 12.2 Å². The van der Waals surface area contributed by atoms with Gasteiger partial charge in [-0.3, -0.25) is 4.84 Å². The van der Waals surface area contributed by atoms with E-state index in [9.17, 15) is 4.79 Å². The number of esters is 1. The molecule has 4 nitrogen and oxygen atoms in total. The predicted molar refractivity (Wildman–Crippen MR) is 54.6 cm³/mol. The van der Waals surface area contributed by atoms with Gasteiger partial charge in [0.25, 0.3) is 0 Å². The van der Waals surface area contributed by atoms with E-state index in [1.165, 1.54) is 6.08 Å². The molecule has 14 heavy (non-hydrogen) atoms. The minimum Gasteiger partial charge on any atom is -0.463 e. The van der Waals surface area contributed by atoms with Gasteiger partial charge in [0.2, 0.25) is 0 Å². The fourth-order valence-electron chi connectivity index (χ4n) is 0.652. The van der Waals surface area contributed by atoms with E-state index in [0.29, 0.717) is 13.2 Å². The van der Waals surface area contributed by atoms with Crippen molar-refractivity contribution in [3.05, 3.63) is 12.2 Å². The van der Waals surface area contributed by atoms with Gasteiger partial charge in [0.1, 0.15) is 0 Å². The third-order valence-electron chi connectivity index (χ3n) is 1.12. The lowest BCUT2D eigenvalue weighted by Gasteiger charge is -2.18. The van der Waals surface area contributed by atoms with Crippen LogP contribution in [0.3, 0.4) is 0 Å². The molecule has 0 atom stereocenters. The molecule has 0 aromatic carbocycles. The first-order valence-electron chi connectivity index (χ1n) is 4.70. The molecular formula is C10H19NO3. The van der Waals surface area contributed by atoms with E-state index in [0.717, 1.165) is 0 Å². The third kappa shape index (κ3) is 9.22. The highest BCUT2D eigenvalue weighted by atomic mass is 16.7. The molecule has 0 aromatic heterocycles. The van der Waals surface area contributed by atoms with Crippen molar-refractivity contribution in [1.29, 1.82) is 0 Å². The van der Waals surface area contributed by atoms with Gasteiger partial charge in [-0.05, 0) is 27.7 Å². The Morgan fingerprint density at radius 1 is 1.43 bits per heavy atom. The summed E-state index contributed by atoms with van der Waals surface area (Å²) in [5.41, 5.74) is 2.50. The topological polar surface area (TPSA) is 47.6 Å². The zero-order valence-electron chi connectivity index (χ0n) is 9.29. The van der Waals surface area contributed by atoms with Crippen LogP contribution in [0.2, 0.25) is 0 Å². The highest BCUT2D eigenvalue weighted by molar-refractivity contribution is 5.81. The molecule has 0 bridgehead atoms. The molecule has 0 aliphatic heterocycles. The summed E-state index contributed by atoms with van der Waals surface area (Å²) in [4.78, 5) is 16.0. The summed E-state index contributed by atoms with van der Waals surface area (Å²) in [6, 6.07) is 0. The number of hydrogen-bond donors (Lipinski definition) is 1. The summed E-state index contributed by atoms with van der Waals surface area (Å²) in [7, 11) is 0. The Morgan fingerprint density at radius 2 is 2.07 bits per heavy atom. The molecule has 0 aliphatic carbocycles. The van der Waals surface area contributed by atoms with Crippen molar-refractivity contribution >= 4 is 5.97 Å². The average molecular weight is 201 g/mol. The number of hydrogen-bond acceptors (Lipinski definition) is 4. The lowest BCUT2D eigenvalue weighted by Crippen LogP contribution is -2.29. The average Bonchev–Trinajstić information content (AvgIpc) is 2.02. The molecule has 0 spiro atoms. The Labute approximate surface area is 85.2 Å². The van der Waals surface area contributed by atoms with Crippen LogP contribution in [0.4, 0.5) is 0 Å². The lowest BCUT2D eigenvalue weighted by molar-refractivity contribution is -0.137. The van der Waals surface area contributed by atoms with Gasteiger partial charge in [-0.1, -0.05) is 6.08 Å². The zero-order chi connectivity index (χ0) is 11.0. The van der Waals surface area contributed by atoms with Crippen molar-refractivity contribution in [1.82, 2.24) is 5.48 Å². The van der Waals surface area contributed by atoms with Crippen LogP contribution >= 0.6 is 0 Å². The van der Waals surface area contributed by atoms with E-state index >= 15 is 0 Å². The fourth-order valence-corrected chi connectivity index (χ4v) is 0.652. The molecule has 0 amide bonds. The Hall–Kier alpha value is -0.870. The zero-order valence-corrected chi connectivity index (χ0v) is 9.29. The van der Waals surface area contributed by atoms with Crippen LogP contribution in [0.1, 0.15) is 27.7 Å². The van der Waals surface area contributed by atoms with Gasteiger partial charge in [0.15, 0.2) is 0 Å². The van der Waals surface area contributed by atoms with Crippen molar-refractivity contribution in [2.45, 2.75) is 33.3 Å². The van der Waals surface area contributed by atoms with Crippen LogP contribution in [0, 0.1) is 0 Å². The Kier molecular flexibility index (Phi) is 6.16. The maximum atomic E-state index is 10.8. The molecule has 0 radical (unpaired) electrons. The predicted octanol–water partition coefficient (Wildman–Crippen LogP) is 1.43. The quantitative estimate of drug-likeness (QED) is 0.316. The maximum Gasteiger partial charge on any atom is 0.330 e. The first-order chi connectivity index (χ1) is 6.45.